The van der Waals surface area contributed by atoms with Crippen LogP contribution >= 0.6 is 11.6 Å². The molecule has 1 N–H and O–H groups in total. The van der Waals surface area contributed by atoms with Crippen molar-refractivity contribution < 1.29 is 9.53 Å². The molecule has 0 bridgehead atoms. The molecular formula is C18H14ClNO2. The molecule has 3 nitrogen and oxygen atoms in total. The molecule has 0 spiro atoms. The highest BCUT2D eigenvalue weighted by atomic mass is 35.5. The van der Waals surface area contributed by atoms with Crippen molar-refractivity contribution in [1.29, 1.82) is 0 Å². The first-order valence-electron chi connectivity index (χ1n) is 6.81. The van der Waals surface area contributed by atoms with Crippen LogP contribution < -0.4 is 10.1 Å². The van der Waals surface area contributed by atoms with E-state index in [1.807, 2.05) is 36.4 Å². The molecule has 110 valence electrons. The number of ether oxygens (including phenoxy) is 1. The maximum absolute atomic E-state index is 12.6. The number of carbonyl (C=O) groups excluding carboxylic acids is 1. The van der Waals surface area contributed by atoms with Crippen molar-refractivity contribution in [3.05, 3.63) is 71.2 Å². The molecule has 3 aromatic rings. The van der Waals surface area contributed by atoms with E-state index in [1.165, 1.54) is 0 Å². The topological polar surface area (TPSA) is 38.3 Å². The first-order chi connectivity index (χ1) is 10.7. The number of benzene rings is 3. The van der Waals surface area contributed by atoms with Gasteiger partial charge in [-0.25, -0.2) is 0 Å². The molecular weight excluding hydrogens is 298 g/mol. The minimum atomic E-state index is -0.197. The Morgan fingerprint density at radius 2 is 1.82 bits per heavy atom. The van der Waals surface area contributed by atoms with Gasteiger partial charge in [0, 0.05) is 10.6 Å². The third-order valence-electron chi connectivity index (χ3n) is 3.44. The first kappa shape index (κ1) is 14.4. The molecule has 3 aromatic carbocycles. The Morgan fingerprint density at radius 1 is 1.05 bits per heavy atom. The fraction of sp³-hybridized carbons (Fsp3) is 0.0556. The number of fused-ring (bicyclic) bond motifs is 1. The van der Waals surface area contributed by atoms with E-state index < -0.39 is 0 Å². The lowest BCUT2D eigenvalue weighted by Crippen LogP contribution is -2.13. The van der Waals surface area contributed by atoms with Gasteiger partial charge >= 0.3 is 0 Å². The van der Waals surface area contributed by atoms with Crippen LogP contribution in [0.25, 0.3) is 10.8 Å². The highest BCUT2D eigenvalue weighted by molar-refractivity contribution is 6.31. The molecule has 0 heterocycles. The Labute approximate surface area is 133 Å². The number of nitrogens with one attached hydrogen (secondary N) is 1. The lowest BCUT2D eigenvalue weighted by Gasteiger charge is -2.11. The molecule has 0 fully saturated rings. The van der Waals surface area contributed by atoms with Crippen LogP contribution in [0.1, 0.15) is 10.4 Å². The maximum atomic E-state index is 12.6. The van der Waals surface area contributed by atoms with Gasteiger partial charge < -0.3 is 10.1 Å². The van der Waals surface area contributed by atoms with Gasteiger partial charge in [-0.15, -0.1) is 0 Å². The van der Waals surface area contributed by atoms with Gasteiger partial charge in [0.2, 0.25) is 0 Å². The standard InChI is InChI=1S/C18H14ClNO2/c1-22-17-10-9-13(19)11-16(17)20-18(21)15-8-4-6-12-5-2-3-7-14(12)15/h2-11H,1H3,(H,20,21). The Hall–Kier alpha value is -2.52. The molecule has 1 amide bonds. The van der Waals surface area contributed by atoms with Crippen molar-refractivity contribution >= 4 is 34.0 Å². The Kier molecular flexibility index (Phi) is 3.98. The van der Waals surface area contributed by atoms with Crippen molar-refractivity contribution in [3.8, 4) is 5.75 Å². The number of halogens is 1. The second kappa shape index (κ2) is 6.08. The fourth-order valence-corrected chi connectivity index (χ4v) is 2.56. The van der Waals surface area contributed by atoms with E-state index in [1.54, 1.807) is 31.4 Å². The number of hydrogen-bond donors (Lipinski definition) is 1. The maximum Gasteiger partial charge on any atom is 0.256 e. The molecule has 4 heteroatoms. The normalized spacial score (nSPS) is 10.5. The molecule has 0 aliphatic carbocycles. The van der Waals surface area contributed by atoms with Crippen molar-refractivity contribution in [3.63, 3.8) is 0 Å². The minimum Gasteiger partial charge on any atom is -0.495 e. The summed E-state index contributed by atoms with van der Waals surface area (Å²) in [5, 5.41) is 5.33. The highest BCUT2D eigenvalue weighted by Gasteiger charge is 2.12. The van der Waals surface area contributed by atoms with E-state index in [4.69, 9.17) is 16.3 Å². The minimum absolute atomic E-state index is 0.197. The zero-order valence-electron chi connectivity index (χ0n) is 12.0. The van der Waals surface area contributed by atoms with Gasteiger partial charge in [-0.3, -0.25) is 4.79 Å². The van der Waals surface area contributed by atoms with E-state index in [2.05, 4.69) is 5.32 Å². The van der Waals surface area contributed by atoms with Crippen LogP contribution in [0.15, 0.2) is 60.7 Å². The van der Waals surface area contributed by atoms with E-state index in [-0.39, 0.29) is 5.91 Å². The van der Waals surface area contributed by atoms with E-state index >= 15 is 0 Å². The molecule has 3 rings (SSSR count). The summed E-state index contributed by atoms with van der Waals surface area (Å²) in [5.74, 6) is 0.371. The first-order valence-corrected chi connectivity index (χ1v) is 7.19. The van der Waals surface area contributed by atoms with Gasteiger partial charge in [0.15, 0.2) is 0 Å². The van der Waals surface area contributed by atoms with Crippen molar-refractivity contribution in [2.24, 2.45) is 0 Å². The molecule has 0 radical (unpaired) electrons. The van der Waals surface area contributed by atoms with Gasteiger partial charge in [0.05, 0.1) is 12.8 Å². The Morgan fingerprint density at radius 3 is 2.64 bits per heavy atom. The number of rotatable bonds is 3. The summed E-state index contributed by atoms with van der Waals surface area (Å²) in [5.41, 5.74) is 1.16. The number of carbonyl (C=O) groups is 1. The molecule has 0 aromatic heterocycles. The second-order valence-corrected chi connectivity index (χ2v) is 5.26. The third kappa shape index (κ3) is 2.76. The van der Waals surface area contributed by atoms with Crippen LogP contribution in [0.3, 0.4) is 0 Å². The van der Waals surface area contributed by atoms with Crippen LogP contribution in [0.2, 0.25) is 5.02 Å². The molecule has 0 saturated carbocycles. The Bertz CT molecular complexity index is 840. The van der Waals surface area contributed by atoms with Gasteiger partial charge in [0.25, 0.3) is 5.91 Å². The summed E-state index contributed by atoms with van der Waals surface area (Å²) < 4.78 is 5.25. The number of methoxy groups -OCH3 is 1. The summed E-state index contributed by atoms with van der Waals surface area (Å²) in [6, 6.07) is 18.5. The summed E-state index contributed by atoms with van der Waals surface area (Å²) in [4.78, 5) is 12.6. The smallest absolute Gasteiger partial charge is 0.256 e. The van der Waals surface area contributed by atoms with Crippen LogP contribution in [0.5, 0.6) is 5.75 Å². The van der Waals surface area contributed by atoms with Gasteiger partial charge in [0.1, 0.15) is 5.75 Å². The zero-order chi connectivity index (χ0) is 15.5. The quantitative estimate of drug-likeness (QED) is 0.757. The highest BCUT2D eigenvalue weighted by Crippen LogP contribution is 2.29. The predicted octanol–water partition coefficient (Wildman–Crippen LogP) is 4.75. The van der Waals surface area contributed by atoms with Gasteiger partial charge in [-0.2, -0.15) is 0 Å². The number of hydrogen-bond acceptors (Lipinski definition) is 2. The third-order valence-corrected chi connectivity index (χ3v) is 3.68. The van der Waals surface area contributed by atoms with Crippen LogP contribution in [0.4, 0.5) is 5.69 Å². The monoisotopic (exact) mass is 311 g/mol. The zero-order valence-corrected chi connectivity index (χ0v) is 12.7. The van der Waals surface area contributed by atoms with Gasteiger partial charge in [-0.05, 0) is 35.0 Å². The molecule has 22 heavy (non-hydrogen) atoms. The molecule has 0 unspecified atom stereocenters. The molecule has 0 aliphatic rings. The summed E-state index contributed by atoms with van der Waals surface area (Å²) in [6.07, 6.45) is 0. The number of amides is 1. The van der Waals surface area contributed by atoms with E-state index in [0.717, 1.165) is 10.8 Å². The van der Waals surface area contributed by atoms with Crippen LogP contribution in [-0.2, 0) is 0 Å². The van der Waals surface area contributed by atoms with Crippen LogP contribution in [0, 0.1) is 0 Å². The van der Waals surface area contributed by atoms with E-state index in [0.29, 0.717) is 22.0 Å². The lowest BCUT2D eigenvalue weighted by atomic mass is 10.0. The number of anilines is 1. The Balaban J connectivity index is 1.99. The molecule has 0 saturated heterocycles. The van der Waals surface area contributed by atoms with Crippen LogP contribution in [-0.4, -0.2) is 13.0 Å². The largest absolute Gasteiger partial charge is 0.495 e. The summed E-state index contributed by atoms with van der Waals surface area (Å²) in [7, 11) is 1.55. The SMILES string of the molecule is COc1ccc(Cl)cc1NC(=O)c1cccc2ccccc12. The fourth-order valence-electron chi connectivity index (χ4n) is 2.39. The molecule has 0 atom stereocenters. The van der Waals surface area contributed by atoms with Gasteiger partial charge in [-0.1, -0.05) is 48.0 Å². The van der Waals surface area contributed by atoms with E-state index in [9.17, 15) is 4.79 Å². The summed E-state index contributed by atoms with van der Waals surface area (Å²) >= 11 is 5.99. The lowest BCUT2D eigenvalue weighted by molar-refractivity contribution is 0.102. The predicted molar refractivity (Wildman–Crippen MR) is 89.9 cm³/mol. The molecule has 0 aliphatic heterocycles. The average molecular weight is 312 g/mol. The second-order valence-electron chi connectivity index (χ2n) is 4.83. The van der Waals surface area contributed by atoms with Crippen molar-refractivity contribution in [1.82, 2.24) is 0 Å². The summed E-state index contributed by atoms with van der Waals surface area (Å²) in [6.45, 7) is 0. The average Bonchev–Trinajstić information content (AvgIpc) is 2.54. The van der Waals surface area contributed by atoms with Crippen molar-refractivity contribution in [2.75, 3.05) is 12.4 Å². The van der Waals surface area contributed by atoms with Crippen molar-refractivity contribution in [2.45, 2.75) is 0 Å².